The Morgan fingerprint density at radius 2 is 2.06 bits per heavy atom. The van der Waals surface area contributed by atoms with Gasteiger partial charge in [0.15, 0.2) is 0 Å². The van der Waals surface area contributed by atoms with Crippen molar-refractivity contribution in [2.75, 3.05) is 17.2 Å². The number of primary amides is 1. The molecule has 0 heterocycles. The Balaban J connectivity index is 3.05. The van der Waals surface area contributed by atoms with Crippen LogP contribution in [0, 0.1) is 6.92 Å². The summed E-state index contributed by atoms with van der Waals surface area (Å²) >= 11 is 0. The first-order valence-electron chi connectivity index (χ1n) is 5.33. The summed E-state index contributed by atoms with van der Waals surface area (Å²) in [6.07, 6.45) is 0. The number of aryl methyl sites for hydroxylation is 1. The molecule has 4 heteroatoms. The van der Waals surface area contributed by atoms with Gasteiger partial charge in [-0.15, -0.1) is 0 Å². The smallest absolute Gasteiger partial charge is 0.236 e. The second-order valence-electron chi connectivity index (χ2n) is 4.23. The molecule has 1 rings (SSSR count). The number of nitrogens with two attached hydrogens (primary N) is 2. The standard InChI is InChI=1S/C12H19N3O/c1-8(2)15(7-12(14)16)11-5-4-10(13)6-9(11)3/h4-6,8H,7,13H2,1-3H3,(H2,14,16). The van der Waals surface area contributed by atoms with Crippen LogP contribution in [-0.4, -0.2) is 18.5 Å². The van der Waals surface area contributed by atoms with Crippen LogP contribution in [0.2, 0.25) is 0 Å². The molecule has 16 heavy (non-hydrogen) atoms. The Morgan fingerprint density at radius 1 is 1.44 bits per heavy atom. The summed E-state index contributed by atoms with van der Waals surface area (Å²) in [6, 6.07) is 5.87. The van der Waals surface area contributed by atoms with Crippen molar-refractivity contribution in [1.82, 2.24) is 0 Å². The van der Waals surface area contributed by atoms with Gasteiger partial charge in [0.1, 0.15) is 0 Å². The summed E-state index contributed by atoms with van der Waals surface area (Å²) in [5.74, 6) is -0.329. The maximum Gasteiger partial charge on any atom is 0.236 e. The highest BCUT2D eigenvalue weighted by Gasteiger charge is 2.14. The quantitative estimate of drug-likeness (QED) is 0.752. The van der Waals surface area contributed by atoms with E-state index in [1.807, 2.05) is 43.9 Å². The van der Waals surface area contributed by atoms with Crippen LogP contribution in [0.5, 0.6) is 0 Å². The molecule has 1 aromatic carbocycles. The fourth-order valence-electron chi connectivity index (χ4n) is 1.71. The van der Waals surface area contributed by atoms with Gasteiger partial charge in [-0.25, -0.2) is 0 Å². The lowest BCUT2D eigenvalue weighted by Gasteiger charge is -2.29. The van der Waals surface area contributed by atoms with Crippen molar-refractivity contribution in [1.29, 1.82) is 0 Å². The van der Waals surface area contributed by atoms with E-state index < -0.39 is 0 Å². The molecular weight excluding hydrogens is 202 g/mol. The van der Waals surface area contributed by atoms with E-state index in [9.17, 15) is 4.79 Å². The van der Waals surface area contributed by atoms with Crippen LogP contribution >= 0.6 is 0 Å². The average Bonchev–Trinajstić information content (AvgIpc) is 2.14. The van der Waals surface area contributed by atoms with Gasteiger partial charge < -0.3 is 16.4 Å². The minimum absolute atomic E-state index is 0.217. The molecule has 0 aromatic heterocycles. The number of rotatable bonds is 4. The molecule has 0 aliphatic heterocycles. The number of hydrogen-bond donors (Lipinski definition) is 2. The van der Waals surface area contributed by atoms with E-state index in [0.717, 1.165) is 16.9 Å². The molecule has 0 radical (unpaired) electrons. The van der Waals surface area contributed by atoms with E-state index in [0.29, 0.717) is 0 Å². The van der Waals surface area contributed by atoms with Crippen LogP contribution in [0.25, 0.3) is 0 Å². The average molecular weight is 221 g/mol. The lowest BCUT2D eigenvalue weighted by Crippen LogP contribution is -2.39. The van der Waals surface area contributed by atoms with Gasteiger partial charge in [-0.3, -0.25) is 4.79 Å². The van der Waals surface area contributed by atoms with Crippen LogP contribution < -0.4 is 16.4 Å². The molecule has 88 valence electrons. The second-order valence-corrected chi connectivity index (χ2v) is 4.23. The van der Waals surface area contributed by atoms with Crippen LogP contribution in [-0.2, 0) is 4.79 Å². The van der Waals surface area contributed by atoms with E-state index in [1.165, 1.54) is 0 Å². The predicted molar refractivity (Wildman–Crippen MR) is 67.3 cm³/mol. The summed E-state index contributed by atoms with van der Waals surface area (Å²) in [6.45, 7) is 6.25. The third-order valence-electron chi connectivity index (χ3n) is 2.48. The lowest BCUT2D eigenvalue weighted by molar-refractivity contribution is -0.116. The Kier molecular flexibility index (Phi) is 3.77. The third kappa shape index (κ3) is 2.89. The maximum absolute atomic E-state index is 11.0. The second kappa shape index (κ2) is 4.88. The van der Waals surface area contributed by atoms with Crippen molar-refractivity contribution >= 4 is 17.3 Å². The zero-order chi connectivity index (χ0) is 12.3. The van der Waals surface area contributed by atoms with Crippen molar-refractivity contribution in [2.24, 2.45) is 5.73 Å². The zero-order valence-electron chi connectivity index (χ0n) is 10.0. The molecule has 1 amide bonds. The minimum Gasteiger partial charge on any atom is -0.399 e. The molecule has 0 saturated carbocycles. The summed E-state index contributed by atoms with van der Waals surface area (Å²) in [4.78, 5) is 13.0. The Morgan fingerprint density at radius 3 is 2.50 bits per heavy atom. The van der Waals surface area contributed by atoms with Gasteiger partial charge in [0.05, 0.1) is 6.54 Å². The first kappa shape index (κ1) is 12.4. The number of amides is 1. The van der Waals surface area contributed by atoms with Crippen LogP contribution in [0.15, 0.2) is 18.2 Å². The van der Waals surface area contributed by atoms with Gasteiger partial charge in [-0.1, -0.05) is 0 Å². The van der Waals surface area contributed by atoms with Gasteiger partial charge in [0, 0.05) is 17.4 Å². The topological polar surface area (TPSA) is 72.3 Å². The predicted octanol–water partition coefficient (Wildman–Crippen LogP) is 1.28. The van der Waals surface area contributed by atoms with Crippen molar-refractivity contribution in [3.8, 4) is 0 Å². The molecule has 0 aliphatic carbocycles. The van der Waals surface area contributed by atoms with Gasteiger partial charge in [-0.2, -0.15) is 0 Å². The van der Waals surface area contributed by atoms with Crippen molar-refractivity contribution in [3.63, 3.8) is 0 Å². The monoisotopic (exact) mass is 221 g/mol. The van der Waals surface area contributed by atoms with Gasteiger partial charge in [-0.05, 0) is 44.5 Å². The van der Waals surface area contributed by atoms with Crippen LogP contribution in [0.4, 0.5) is 11.4 Å². The number of carbonyl (C=O) groups excluding carboxylic acids is 1. The number of carbonyl (C=O) groups is 1. The minimum atomic E-state index is -0.329. The SMILES string of the molecule is Cc1cc(N)ccc1N(CC(N)=O)C(C)C. The molecule has 1 aromatic rings. The number of nitrogens with zero attached hydrogens (tertiary/aromatic N) is 1. The summed E-state index contributed by atoms with van der Waals surface area (Å²) < 4.78 is 0. The van der Waals surface area contributed by atoms with Crippen molar-refractivity contribution in [2.45, 2.75) is 26.8 Å². The number of anilines is 2. The largest absolute Gasteiger partial charge is 0.399 e. The molecule has 0 unspecified atom stereocenters. The molecule has 4 nitrogen and oxygen atoms in total. The Bertz CT molecular complexity index is 388. The Labute approximate surface area is 96.2 Å². The Hall–Kier alpha value is -1.71. The lowest BCUT2D eigenvalue weighted by atomic mass is 10.1. The normalized spacial score (nSPS) is 10.5. The van der Waals surface area contributed by atoms with Gasteiger partial charge in [0.25, 0.3) is 0 Å². The highest BCUT2D eigenvalue weighted by Crippen LogP contribution is 2.23. The fourth-order valence-corrected chi connectivity index (χ4v) is 1.71. The van der Waals surface area contributed by atoms with Gasteiger partial charge in [0.2, 0.25) is 5.91 Å². The highest BCUT2D eigenvalue weighted by molar-refractivity contribution is 5.80. The molecular formula is C12H19N3O. The zero-order valence-corrected chi connectivity index (χ0v) is 10.0. The fraction of sp³-hybridized carbons (Fsp3) is 0.417. The molecule has 0 aliphatic rings. The highest BCUT2D eigenvalue weighted by atomic mass is 16.1. The molecule has 4 N–H and O–H groups in total. The van der Waals surface area contributed by atoms with E-state index in [-0.39, 0.29) is 18.5 Å². The first-order valence-corrected chi connectivity index (χ1v) is 5.33. The molecule has 0 fully saturated rings. The summed E-state index contributed by atoms with van der Waals surface area (Å²) in [5, 5.41) is 0. The maximum atomic E-state index is 11.0. The summed E-state index contributed by atoms with van der Waals surface area (Å²) in [5.41, 5.74) is 13.7. The van der Waals surface area contributed by atoms with Crippen LogP contribution in [0.1, 0.15) is 19.4 Å². The van der Waals surface area contributed by atoms with Gasteiger partial charge >= 0.3 is 0 Å². The summed E-state index contributed by atoms with van der Waals surface area (Å²) in [7, 11) is 0. The third-order valence-corrected chi connectivity index (χ3v) is 2.48. The first-order chi connectivity index (χ1) is 7.41. The number of benzene rings is 1. The number of hydrogen-bond acceptors (Lipinski definition) is 3. The van der Waals surface area contributed by atoms with E-state index in [1.54, 1.807) is 0 Å². The van der Waals surface area contributed by atoms with E-state index in [2.05, 4.69) is 0 Å². The molecule has 0 atom stereocenters. The number of nitrogen functional groups attached to an aromatic ring is 1. The molecule has 0 spiro atoms. The molecule has 0 saturated heterocycles. The van der Waals surface area contributed by atoms with Crippen LogP contribution in [0.3, 0.4) is 0 Å². The molecule has 0 bridgehead atoms. The van der Waals surface area contributed by atoms with Crippen molar-refractivity contribution < 1.29 is 4.79 Å². The van der Waals surface area contributed by atoms with E-state index in [4.69, 9.17) is 11.5 Å². The van der Waals surface area contributed by atoms with Crippen molar-refractivity contribution in [3.05, 3.63) is 23.8 Å². The van der Waals surface area contributed by atoms with E-state index >= 15 is 0 Å².